The maximum Gasteiger partial charge on any atom is 0.679 e. The lowest BCUT2D eigenvalue weighted by atomic mass is 10.1. The number of ether oxygens (including phenoxy) is 1. The molecule has 0 amide bonds. The average molecular weight is 1060 g/mol. The minimum atomic E-state index is -3.47. The lowest BCUT2D eigenvalue weighted by Crippen LogP contribution is -2.52. The highest BCUT2D eigenvalue weighted by Crippen LogP contribution is 2.19. The third-order valence-electron chi connectivity index (χ3n) is 14.9. The van der Waals surface area contributed by atoms with E-state index in [4.69, 9.17) is 22.4 Å². The van der Waals surface area contributed by atoms with E-state index < -0.39 is 9.05 Å². The van der Waals surface area contributed by atoms with Crippen LogP contribution in [0.25, 0.3) is 0 Å². The minimum Gasteiger partial charge on any atom is -0.379 e. The summed E-state index contributed by atoms with van der Waals surface area (Å²) in [5.41, 5.74) is 0. The molecule has 0 atom stereocenters. The third kappa shape index (κ3) is 53.7. The van der Waals surface area contributed by atoms with Crippen LogP contribution in [0, 0.1) is 0 Å². The van der Waals surface area contributed by atoms with Gasteiger partial charge in [-0.05, 0) is 76.9 Å². The summed E-state index contributed by atoms with van der Waals surface area (Å²) in [6, 6.07) is 0. The van der Waals surface area contributed by atoms with Crippen molar-refractivity contribution in [2.75, 3.05) is 84.7 Å². The molecule has 0 bridgehead atoms. The van der Waals surface area contributed by atoms with Crippen LogP contribution >= 0.6 is 12.6 Å². The molecule has 0 heterocycles. The van der Waals surface area contributed by atoms with E-state index in [0.29, 0.717) is 33.0 Å². The molecular formula is C63H132N2O5SSi. The molecular weight excluding hydrogens is 925 g/mol. The quantitative estimate of drug-likeness (QED) is 0.0370. The second-order valence-corrected chi connectivity index (χ2v) is 24.7. The predicted octanol–water partition coefficient (Wildman–Crippen LogP) is 19.7. The Labute approximate surface area is 459 Å². The van der Waals surface area contributed by atoms with Gasteiger partial charge in [-0.2, -0.15) is 12.6 Å². The van der Waals surface area contributed by atoms with Gasteiger partial charge in [-0.25, -0.2) is 0 Å². The van der Waals surface area contributed by atoms with Crippen LogP contribution in [0.15, 0.2) is 0 Å². The van der Waals surface area contributed by atoms with Crippen molar-refractivity contribution in [3.8, 4) is 0 Å². The lowest BCUT2D eigenvalue weighted by molar-refractivity contribution is -0.0513. The Morgan fingerprint density at radius 1 is 0.236 bits per heavy atom. The smallest absolute Gasteiger partial charge is 0.379 e. The molecule has 0 unspecified atom stereocenters. The fraction of sp³-hybridized carbons (Fsp3) is 1.00. The van der Waals surface area contributed by atoms with Crippen molar-refractivity contribution in [3.63, 3.8) is 0 Å². The van der Waals surface area contributed by atoms with Crippen molar-refractivity contribution in [2.45, 2.75) is 324 Å². The summed E-state index contributed by atoms with van der Waals surface area (Å²) in [6.07, 6.45) is 60.3. The van der Waals surface area contributed by atoms with Crippen molar-refractivity contribution in [3.05, 3.63) is 0 Å². The zero-order chi connectivity index (χ0) is 52.2. The van der Waals surface area contributed by atoms with Gasteiger partial charge >= 0.3 is 9.05 Å². The Kier molecular flexibility index (Phi) is 62.4. The van der Waals surface area contributed by atoms with Crippen LogP contribution < -0.4 is 0 Å². The van der Waals surface area contributed by atoms with Gasteiger partial charge in [0.1, 0.15) is 0 Å². The van der Waals surface area contributed by atoms with Gasteiger partial charge in [-0.3, -0.25) is 0 Å². The fourth-order valence-electron chi connectivity index (χ4n) is 9.97. The van der Waals surface area contributed by atoms with Crippen LogP contribution in [0.3, 0.4) is 0 Å². The molecule has 0 aromatic rings. The summed E-state index contributed by atoms with van der Waals surface area (Å²) >= 11 is 4.50. The molecule has 0 saturated carbocycles. The molecule has 0 aliphatic rings. The lowest BCUT2D eigenvalue weighted by Gasteiger charge is -2.31. The number of hydrogen-bond donors (Lipinski definition) is 1. The second kappa shape index (κ2) is 62.1. The van der Waals surface area contributed by atoms with Crippen molar-refractivity contribution in [1.82, 2.24) is 9.80 Å². The zero-order valence-corrected chi connectivity index (χ0v) is 51.8. The maximum absolute atomic E-state index is 6.95. The normalized spacial score (nSPS) is 12.2. The topological polar surface area (TPSA) is 52.6 Å². The molecule has 0 aromatic heterocycles. The maximum atomic E-state index is 6.95. The largest absolute Gasteiger partial charge is 0.679 e. The molecule has 72 heavy (non-hydrogen) atoms. The van der Waals surface area contributed by atoms with E-state index in [0.717, 1.165) is 83.7 Å². The van der Waals surface area contributed by atoms with Crippen molar-refractivity contribution < 1.29 is 22.4 Å². The summed E-state index contributed by atoms with van der Waals surface area (Å²) in [4.78, 5) is 5.38. The van der Waals surface area contributed by atoms with E-state index in [1.165, 1.54) is 257 Å². The van der Waals surface area contributed by atoms with E-state index in [1.54, 1.807) is 0 Å². The fourth-order valence-corrected chi connectivity index (χ4v) is 12.1. The molecule has 0 aromatic carbocycles. The second-order valence-electron chi connectivity index (χ2n) is 22.1. The Balaban J connectivity index is 5.84. The van der Waals surface area contributed by atoms with Crippen molar-refractivity contribution in [2.24, 2.45) is 0 Å². The zero-order valence-electron chi connectivity index (χ0n) is 49.9. The standard InChI is InChI=1S/C63H132N2O5SSi/c1-6-11-16-20-24-28-32-36-40-45-51-64(52-46-41-37-33-29-25-21-17-12-7-2)55-59-68-72(67-58-49-44-50-63-71,70-62-61-66-57-15-10-5)69-60-56-65(53-47-42-38-34-30-26-22-18-13-8-3)54-48-43-39-35-31-27-23-19-14-9-4/h71H,6-63H2,1-5H3. The van der Waals surface area contributed by atoms with Gasteiger partial charge in [0, 0.05) is 26.3 Å². The van der Waals surface area contributed by atoms with Crippen molar-refractivity contribution in [1.29, 1.82) is 0 Å². The number of hydrogen-bond acceptors (Lipinski definition) is 8. The van der Waals surface area contributed by atoms with Gasteiger partial charge in [-0.1, -0.05) is 279 Å². The highest BCUT2D eigenvalue weighted by Gasteiger charge is 2.46. The predicted molar refractivity (Wildman–Crippen MR) is 323 cm³/mol. The molecule has 0 radical (unpaired) electrons. The molecule has 9 heteroatoms. The molecule has 0 saturated heterocycles. The number of unbranched alkanes of at least 4 members (excludes halogenated alkanes) is 39. The summed E-state index contributed by atoms with van der Waals surface area (Å²) in [5.74, 6) is 0.906. The van der Waals surface area contributed by atoms with E-state index in [-0.39, 0.29) is 0 Å². The number of rotatable bonds is 65. The van der Waals surface area contributed by atoms with Crippen LogP contribution in [0.4, 0.5) is 0 Å². The van der Waals surface area contributed by atoms with Crippen LogP contribution in [0.2, 0.25) is 0 Å². The molecule has 434 valence electrons. The Morgan fingerprint density at radius 3 is 0.806 bits per heavy atom. The van der Waals surface area contributed by atoms with Crippen LogP contribution in [-0.4, -0.2) is 104 Å². The van der Waals surface area contributed by atoms with Crippen LogP contribution in [0.1, 0.15) is 324 Å². The van der Waals surface area contributed by atoms with E-state index in [9.17, 15) is 0 Å². The van der Waals surface area contributed by atoms with Gasteiger partial charge in [-0.15, -0.1) is 0 Å². The average Bonchev–Trinajstić information content (AvgIpc) is 3.39. The molecule has 0 aliphatic heterocycles. The first-order valence-corrected chi connectivity index (χ1v) is 35.1. The van der Waals surface area contributed by atoms with Gasteiger partial charge in [0.2, 0.25) is 0 Å². The minimum absolute atomic E-state index is 0.439. The Bertz CT molecular complexity index is 880. The summed E-state index contributed by atoms with van der Waals surface area (Å²) in [5, 5.41) is 0. The van der Waals surface area contributed by atoms with Gasteiger partial charge < -0.3 is 32.2 Å². The third-order valence-corrected chi connectivity index (χ3v) is 17.5. The molecule has 0 N–H and O–H groups in total. The van der Waals surface area contributed by atoms with Gasteiger partial charge in [0.25, 0.3) is 0 Å². The van der Waals surface area contributed by atoms with Gasteiger partial charge in [0.05, 0.1) is 26.4 Å². The molecule has 0 fully saturated rings. The highest BCUT2D eigenvalue weighted by atomic mass is 32.1. The summed E-state index contributed by atoms with van der Waals surface area (Å²) < 4.78 is 33.5. The molecule has 0 rings (SSSR count). The summed E-state index contributed by atoms with van der Waals surface area (Å²) in [7, 11) is -3.47. The first-order chi connectivity index (χ1) is 35.6. The van der Waals surface area contributed by atoms with Crippen LogP contribution in [-0.2, 0) is 22.4 Å². The SMILES string of the molecule is CCCCCCCCCCCCN(CCCCCCCCCCCC)CCO[Si](OCCCCCS)(OCCOCCCC)OCCN(CCCCCCCCCCCC)CCCCCCCCCCCC. The van der Waals surface area contributed by atoms with Gasteiger partial charge in [0.15, 0.2) is 0 Å². The first kappa shape index (κ1) is 72.3. The molecule has 0 spiro atoms. The summed E-state index contributed by atoms with van der Waals surface area (Å²) in [6.45, 7) is 21.4. The highest BCUT2D eigenvalue weighted by molar-refractivity contribution is 7.80. The number of nitrogens with zero attached hydrogens (tertiary/aromatic N) is 2. The number of thiol groups is 1. The van der Waals surface area contributed by atoms with E-state index in [1.807, 2.05) is 0 Å². The molecule has 7 nitrogen and oxygen atoms in total. The van der Waals surface area contributed by atoms with Crippen LogP contribution in [0.5, 0.6) is 0 Å². The Morgan fingerprint density at radius 2 is 0.500 bits per heavy atom. The first-order valence-electron chi connectivity index (χ1n) is 32.8. The molecule has 0 aliphatic carbocycles. The van der Waals surface area contributed by atoms with Crippen molar-refractivity contribution >= 4 is 21.7 Å². The van der Waals surface area contributed by atoms with E-state index >= 15 is 0 Å². The van der Waals surface area contributed by atoms with E-state index in [2.05, 4.69) is 57.0 Å². The Hall–Kier alpha value is 0.287. The monoisotopic (exact) mass is 1060 g/mol.